The molecule has 1 atom stereocenters. The van der Waals surface area contributed by atoms with Crippen LogP contribution in [0.3, 0.4) is 0 Å². The average Bonchev–Trinajstić information content (AvgIpc) is 2.80. The Kier molecular flexibility index (Phi) is 3.80. The minimum Gasteiger partial charge on any atom is -0.395 e. The van der Waals surface area contributed by atoms with E-state index in [4.69, 9.17) is 9.94 Å². The van der Waals surface area contributed by atoms with Gasteiger partial charge in [-0.15, -0.1) is 0 Å². The van der Waals surface area contributed by atoms with Crippen molar-refractivity contribution < 1.29 is 19.1 Å². The molecule has 1 aromatic carbocycles. The molecule has 1 amide bonds. The molecule has 19 heavy (non-hydrogen) atoms. The second-order valence-corrected chi connectivity index (χ2v) is 4.53. The predicted molar refractivity (Wildman–Crippen MR) is 67.1 cm³/mol. The van der Waals surface area contributed by atoms with E-state index in [2.05, 4.69) is 10.5 Å². The molecule has 0 aromatic heterocycles. The average molecular weight is 266 g/mol. The number of aliphatic hydroxyl groups excluding tert-OH is 1. The first-order valence-corrected chi connectivity index (χ1v) is 5.95. The topological polar surface area (TPSA) is 70.9 Å². The van der Waals surface area contributed by atoms with Gasteiger partial charge in [0.15, 0.2) is 0 Å². The van der Waals surface area contributed by atoms with Crippen LogP contribution in [0.4, 0.5) is 4.39 Å². The van der Waals surface area contributed by atoms with Gasteiger partial charge in [0.25, 0.3) is 5.91 Å². The van der Waals surface area contributed by atoms with E-state index in [0.29, 0.717) is 11.3 Å². The first-order valence-electron chi connectivity index (χ1n) is 5.95. The van der Waals surface area contributed by atoms with E-state index < -0.39 is 5.60 Å². The van der Waals surface area contributed by atoms with E-state index in [1.165, 1.54) is 12.1 Å². The van der Waals surface area contributed by atoms with Crippen LogP contribution >= 0.6 is 0 Å². The molecule has 0 radical (unpaired) electrons. The van der Waals surface area contributed by atoms with Crippen LogP contribution in [0.1, 0.15) is 18.9 Å². The third-order valence-electron chi connectivity index (χ3n) is 2.90. The van der Waals surface area contributed by atoms with Crippen molar-refractivity contribution in [2.45, 2.75) is 18.9 Å². The molecular formula is C13H15FN2O3. The molecule has 102 valence electrons. The molecular weight excluding hydrogens is 251 g/mol. The molecule has 6 heteroatoms. The molecule has 2 rings (SSSR count). The molecule has 2 N–H and O–H groups in total. The van der Waals surface area contributed by atoms with E-state index in [0.717, 1.165) is 0 Å². The van der Waals surface area contributed by atoms with Crippen LogP contribution < -0.4 is 5.32 Å². The third-order valence-corrected chi connectivity index (χ3v) is 2.90. The lowest BCUT2D eigenvalue weighted by Crippen LogP contribution is -2.45. The van der Waals surface area contributed by atoms with E-state index in [1.807, 2.05) is 0 Å². The number of hydrogen-bond donors (Lipinski definition) is 2. The third kappa shape index (κ3) is 2.90. The number of benzene rings is 1. The molecule has 0 spiro atoms. The summed E-state index contributed by atoms with van der Waals surface area (Å²) >= 11 is 0. The van der Waals surface area contributed by atoms with Crippen LogP contribution in [0.2, 0.25) is 0 Å². The number of hydrogen-bond acceptors (Lipinski definition) is 4. The minimum absolute atomic E-state index is 0.139. The number of nitrogens with zero attached hydrogens (tertiary/aromatic N) is 1. The second kappa shape index (κ2) is 5.36. The molecule has 1 aromatic rings. The first-order chi connectivity index (χ1) is 9.05. The number of oxime groups is 1. The van der Waals surface area contributed by atoms with Crippen molar-refractivity contribution in [1.82, 2.24) is 5.32 Å². The van der Waals surface area contributed by atoms with E-state index in [9.17, 15) is 9.18 Å². The maximum Gasteiger partial charge on any atom is 0.267 e. The van der Waals surface area contributed by atoms with E-state index in [1.54, 1.807) is 19.1 Å². The smallest absolute Gasteiger partial charge is 0.267 e. The summed E-state index contributed by atoms with van der Waals surface area (Å²) in [5, 5.41) is 15.1. The van der Waals surface area contributed by atoms with Crippen molar-refractivity contribution in [3.63, 3.8) is 0 Å². The van der Waals surface area contributed by atoms with Crippen LogP contribution in [0, 0.1) is 5.82 Å². The fourth-order valence-corrected chi connectivity index (χ4v) is 1.84. The maximum atomic E-state index is 13.1. The van der Waals surface area contributed by atoms with Gasteiger partial charge in [0.2, 0.25) is 5.60 Å². The van der Waals surface area contributed by atoms with Crippen LogP contribution in [0.25, 0.3) is 0 Å². The van der Waals surface area contributed by atoms with E-state index in [-0.39, 0.29) is 31.3 Å². The van der Waals surface area contributed by atoms with Gasteiger partial charge >= 0.3 is 0 Å². The molecule has 1 aliphatic heterocycles. The monoisotopic (exact) mass is 266 g/mol. The largest absolute Gasteiger partial charge is 0.395 e. The lowest BCUT2D eigenvalue weighted by atomic mass is 9.95. The fraction of sp³-hybridized carbons (Fsp3) is 0.385. The van der Waals surface area contributed by atoms with Crippen LogP contribution in [0.15, 0.2) is 29.4 Å². The summed E-state index contributed by atoms with van der Waals surface area (Å²) in [6.07, 6.45) is 0.258. The summed E-state index contributed by atoms with van der Waals surface area (Å²) in [5.41, 5.74) is 0.0106. The summed E-state index contributed by atoms with van der Waals surface area (Å²) in [7, 11) is 0. The second-order valence-electron chi connectivity index (χ2n) is 4.53. The fourth-order valence-electron chi connectivity index (χ4n) is 1.84. The van der Waals surface area contributed by atoms with Gasteiger partial charge in [-0.2, -0.15) is 0 Å². The Morgan fingerprint density at radius 1 is 1.63 bits per heavy atom. The number of halogens is 1. The Morgan fingerprint density at radius 3 is 3.11 bits per heavy atom. The van der Waals surface area contributed by atoms with Gasteiger partial charge < -0.3 is 15.3 Å². The molecule has 0 fully saturated rings. The maximum absolute atomic E-state index is 13.1. The zero-order chi connectivity index (χ0) is 13.9. The van der Waals surface area contributed by atoms with Crippen molar-refractivity contribution in [3.8, 4) is 0 Å². The summed E-state index contributed by atoms with van der Waals surface area (Å²) < 4.78 is 13.1. The van der Waals surface area contributed by atoms with Crippen molar-refractivity contribution in [2.75, 3.05) is 13.2 Å². The van der Waals surface area contributed by atoms with Crippen molar-refractivity contribution in [1.29, 1.82) is 0 Å². The van der Waals surface area contributed by atoms with Crippen molar-refractivity contribution >= 4 is 11.6 Å². The number of rotatable bonds is 4. The number of aliphatic hydroxyl groups is 1. The van der Waals surface area contributed by atoms with Gasteiger partial charge in [0.1, 0.15) is 5.82 Å². The quantitative estimate of drug-likeness (QED) is 0.847. The highest BCUT2D eigenvalue weighted by Gasteiger charge is 2.42. The van der Waals surface area contributed by atoms with Gasteiger partial charge in [-0.05, 0) is 19.1 Å². The SMILES string of the molecule is C[C@]1(C(=O)NCCO)CC(c2cccc(F)c2)=NO1. The van der Waals surface area contributed by atoms with Crippen molar-refractivity contribution in [2.24, 2.45) is 5.16 Å². The molecule has 0 bridgehead atoms. The Labute approximate surface area is 110 Å². The molecule has 5 nitrogen and oxygen atoms in total. The van der Waals surface area contributed by atoms with Gasteiger partial charge in [0.05, 0.1) is 12.3 Å². The summed E-state index contributed by atoms with van der Waals surface area (Å²) in [5.74, 6) is -0.713. The number of carbonyl (C=O) groups excluding carboxylic acids is 1. The Balaban J connectivity index is 2.08. The minimum atomic E-state index is -1.11. The lowest BCUT2D eigenvalue weighted by Gasteiger charge is -2.19. The highest BCUT2D eigenvalue weighted by atomic mass is 19.1. The van der Waals surface area contributed by atoms with E-state index >= 15 is 0 Å². The normalized spacial score (nSPS) is 21.7. The Hall–Kier alpha value is -1.95. The molecule has 0 saturated heterocycles. The molecule has 1 aliphatic rings. The highest BCUT2D eigenvalue weighted by molar-refractivity contribution is 6.05. The van der Waals surface area contributed by atoms with Gasteiger partial charge in [-0.3, -0.25) is 4.79 Å². The predicted octanol–water partition coefficient (Wildman–Crippen LogP) is 0.817. The first kappa shape index (κ1) is 13.5. The van der Waals surface area contributed by atoms with Gasteiger partial charge in [-0.25, -0.2) is 4.39 Å². The summed E-state index contributed by atoms with van der Waals surface area (Å²) in [4.78, 5) is 17.1. The summed E-state index contributed by atoms with van der Waals surface area (Å²) in [6, 6.07) is 5.98. The molecule has 0 aliphatic carbocycles. The standard InChI is InChI=1S/C13H15FN2O3/c1-13(12(18)15-5-6-17)8-11(16-19-13)9-3-2-4-10(14)7-9/h2-4,7,17H,5-6,8H2,1H3,(H,15,18)/t13-/m1/s1. The number of carbonyl (C=O) groups is 1. The summed E-state index contributed by atoms with van der Waals surface area (Å²) in [6.45, 7) is 1.63. The van der Waals surface area contributed by atoms with Crippen LogP contribution in [0.5, 0.6) is 0 Å². The number of nitrogens with one attached hydrogen (secondary N) is 1. The zero-order valence-corrected chi connectivity index (χ0v) is 10.5. The molecule has 0 unspecified atom stereocenters. The zero-order valence-electron chi connectivity index (χ0n) is 10.5. The van der Waals surface area contributed by atoms with Crippen LogP contribution in [-0.2, 0) is 9.63 Å². The Morgan fingerprint density at radius 2 is 2.42 bits per heavy atom. The van der Waals surface area contributed by atoms with Gasteiger partial charge in [0, 0.05) is 18.5 Å². The lowest BCUT2D eigenvalue weighted by molar-refractivity contribution is -0.141. The van der Waals surface area contributed by atoms with Crippen molar-refractivity contribution in [3.05, 3.63) is 35.6 Å². The van der Waals surface area contributed by atoms with Gasteiger partial charge in [-0.1, -0.05) is 17.3 Å². The Bertz CT molecular complexity index is 518. The molecule has 0 saturated carbocycles. The number of amides is 1. The molecule has 1 heterocycles. The van der Waals surface area contributed by atoms with Crippen LogP contribution in [-0.4, -0.2) is 35.5 Å². The highest BCUT2D eigenvalue weighted by Crippen LogP contribution is 2.26.